The molecule has 0 aliphatic heterocycles. The van der Waals surface area contributed by atoms with Gasteiger partial charge in [-0.15, -0.1) is 0 Å². The minimum atomic E-state index is -1.71. The predicted octanol–water partition coefficient (Wildman–Crippen LogP) is -8.22. The number of carboxylic acids is 2. The van der Waals surface area contributed by atoms with Crippen molar-refractivity contribution in [1.82, 2.24) is 5.32 Å². The van der Waals surface area contributed by atoms with Crippen LogP contribution < -0.4 is 74.6 Å². The summed E-state index contributed by atoms with van der Waals surface area (Å²) in [7, 11) is 0. The quantitative estimate of drug-likeness (QED) is 0.510. The van der Waals surface area contributed by atoms with Gasteiger partial charge in [0.25, 0.3) is 0 Å². The molecule has 0 aromatic rings. The molecular weight excluding hydrogens is 264 g/mol. The number of carbonyl (C=O) groups is 3. The molecule has 1 atom stereocenters. The minimum Gasteiger partial charge on any atom is -0.550 e. The molecule has 0 spiro atoms. The molecule has 0 aromatic carbocycles. The maximum Gasteiger partial charge on any atom is 1.00 e. The second-order valence-corrected chi connectivity index (χ2v) is 4.09. The first kappa shape index (κ1) is 23.3. The van der Waals surface area contributed by atoms with Gasteiger partial charge in [-0.05, 0) is 20.8 Å². The Labute approximate surface area is 149 Å². The zero-order valence-corrected chi connectivity index (χ0v) is 15.2. The van der Waals surface area contributed by atoms with Crippen LogP contribution in [-0.4, -0.2) is 29.7 Å². The molecule has 18 heavy (non-hydrogen) atoms. The van der Waals surface area contributed by atoms with E-state index >= 15 is 0 Å². The summed E-state index contributed by atoms with van der Waals surface area (Å²) in [4.78, 5) is 31.8. The van der Waals surface area contributed by atoms with Crippen LogP contribution in [0.4, 0.5) is 4.79 Å². The van der Waals surface area contributed by atoms with Gasteiger partial charge in [0.1, 0.15) is 5.60 Å². The molecule has 0 heterocycles. The van der Waals surface area contributed by atoms with E-state index in [9.17, 15) is 24.6 Å². The number of hydrogen-bond acceptors (Lipinski definition) is 6. The summed E-state index contributed by atoms with van der Waals surface area (Å²) in [5, 5.41) is 22.5. The van der Waals surface area contributed by atoms with Crippen molar-refractivity contribution < 1.29 is 88.4 Å². The standard InChI is InChI=1S/C9H15NO6.2Na/c1-9(2,3)16-8(15)10-5(7(13)14)4-6(11)12;;/h5H,4H2,1-3H3,(H,10,15)(H,11,12)(H,13,14);;/q;2*+1/p-2/t5-;;/m0../s1. The average Bonchev–Trinajstić information content (AvgIpc) is 1.97. The maximum absolute atomic E-state index is 11.1. The van der Waals surface area contributed by atoms with Gasteiger partial charge in [0.05, 0.1) is 12.0 Å². The molecule has 0 aliphatic carbocycles. The van der Waals surface area contributed by atoms with Gasteiger partial charge in [-0.2, -0.15) is 0 Å². The third-order valence-corrected chi connectivity index (χ3v) is 1.35. The van der Waals surface area contributed by atoms with E-state index in [0.29, 0.717) is 0 Å². The fourth-order valence-electron chi connectivity index (χ4n) is 0.810. The van der Waals surface area contributed by atoms with Crippen molar-refractivity contribution in [3.8, 4) is 0 Å². The van der Waals surface area contributed by atoms with E-state index in [1.54, 1.807) is 20.8 Å². The summed E-state index contributed by atoms with van der Waals surface area (Å²) in [6.45, 7) is 4.75. The van der Waals surface area contributed by atoms with Crippen molar-refractivity contribution in [1.29, 1.82) is 0 Å². The van der Waals surface area contributed by atoms with Crippen molar-refractivity contribution in [2.45, 2.75) is 38.8 Å². The molecule has 0 aromatic heterocycles. The Hall–Kier alpha value is 0.210. The first-order valence-electron chi connectivity index (χ1n) is 4.52. The number of amides is 1. The second kappa shape index (κ2) is 10.1. The van der Waals surface area contributed by atoms with Crippen LogP contribution in [0.5, 0.6) is 0 Å². The third-order valence-electron chi connectivity index (χ3n) is 1.35. The van der Waals surface area contributed by atoms with E-state index < -0.39 is 36.1 Å². The first-order valence-corrected chi connectivity index (χ1v) is 4.52. The van der Waals surface area contributed by atoms with Crippen LogP contribution in [0.3, 0.4) is 0 Å². The molecule has 0 aliphatic rings. The number of hydrogen-bond donors (Lipinski definition) is 1. The molecule has 0 fully saturated rings. The molecule has 0 unspecified atom stereocenters. The van der Waals surface area contributed by atoms with Gasteiger partial charge in [0, 0.05) is 12.4 Å². The number of rotatable bonds is 4. The number of carbonyl (C=O) groups excluding carboxylic acids is 3. The van der Waals surface area contributed by atoms with Crippen LogP contribution in [0.1, 0.15) is 27.2 Å². The first-order chi connectivity index (χ1) is 7.11. The largest absolute Gasteiger partial charge is 1.00 e. The Bertz CT molecular complexity index is 302. The minimum absolute atomic E-state index is 0. The second-order valence-electron chi connectivity index (χ2n) is 4.09. The van der Waals surface area contributed by atoms with Crippen molar-refractivity contribution in [3.05, 3.63) is 0 Å². The Morgan fingerprint density at radius 3 is 1.89 bits per heavy atom. The fourth-order valence-corrected chi connectivity index (χ4v) is 0.810. The van der Waals surface area contributed by atoms with E-state index in [4.69, 9.17) is 4.74 Å². The van der Waals surface area contributed by atoms with Crippen LogP contribution in [0.2, 0.25) is 0 Å². The van der Waals surface area contributed by atoms with E-state index in [1.165, 1.54) is 0 Å². The molecule has 0 rings (SSSR count). The Morgan fingerprint density at radius 1 is 1.17 bits per heavy atom. The number of ether oxygens (including phenoxy) is 1. The molecule has 1 amide bonds. The molecule has 0 saturated carbocycles. The van der Waals surface area contributed by atoms with Crippen LogP contribution in [0.25, 0.3) is 0 Å². The van der Waals surface area contributed by atoms with Crippen LogP contribution in [-0.2, 0) is 14.3 Å². The average molecular weight is 277 g/mol. The summed E-state index contributed by atoms with van der Waals surface area (Å²) >= 11 is 0. The molecule has 0 saturated heterocycles. The topological polar surface area (TPSA) is 119 Å². The summed E-state index contributed by atoms with van der Waals surface area (Å²) in [5.41, 5.74) is -0.804. The molecule has 9 heteroatoms. The zero-order chi connectivity index (χ0) is 12.9. The fraction of sp³-hybridized carbons (Fsp3) is 0.667. The summed E-state index contributed by atoms with van der Waals surface area (Å²) in [6.07, 6.45) is -1.90. The van der Waals surface area contributed by atoms with Gasteiger partial charge < -0.3 is 29.9 Å². The Balaban J connectivity index is -0.00000112. The maximum atomic E-state index is 11.1. The van der Waals surface area contributed by atoms with Gasteiger partial charge in [-0.1, -0.05) is 0 Å². The van der Waals surface area contributed by atoms with E-state index in [0.717, 1.165) is 0 Å². The van der Waals surface area contributed by atoms with Crippen LogP contribution in [0, 0.1) is 0 Å². The summed E-state index contributed by atoms with van der Waals surface area (Å²) < 4.78 is 4.75. The molecular formula is C9H13NNa2O6. The van der Waals surface area contributed by atoms with E-state index in [2.05, 4.69) is 0 Å². The smallest absolute Gasteiger partial charge is 0.550 e. The van der Waals surface area contributed by atoms with Gasteiger partial charge in [0.15, 0.2) is 0 Å². The van der Waals surface area contributed by atoms with Crippen molar-refractivity contribution in [3.63, 3.8) is 0 Å². The Morgan fingerprint density at radius 2 is 1.61 bits per heavy atom. The van der Waals surface area contributed by atoms with Gasteiger partial charge in [-0.3, -0.25) is 0 Å². The van der Waals surface area contributed by atoms with E-state index in [1.807, 2.05) is 5.32 Å². The molecule has 0 radical (unpaired) electrons. The molecule has 7 nitrogen and oxygen atoms in total. The van der Waals surface area contributed by atoms with Gasteiger partial charge in [-0.25, -0.2) is 4.79 Å². The van der Waals surface area contributed by atoms with Crippen molar-refractivity contribution >= 4 is 18.0 Å². The zero-order valence-electron chi connectivity index (χ0n) is 11.2. The van der Waals surface area contributed by atoms with Crippen LogP contribution >= 0.6 is 0 Å². The molecule has 1 N–H and O–H groups in total. The summed E-state index contributed by atoms with van der Waals surface area (Å²) in [5.74, 6) is -3.32. The van der Waals surface area contributed by atoms with Crippen molar-refractivity contribution in [2.24, 2.45) is 0 Å². The van der Waals surface area contributed by atoms with Gasteiger partial charge in [0.2, 0.25) is 0 Å². The van der Waals surface area contributed by atoms with Crippen LogP contribution in [0.15, 0.2) is 0 Å². The normalized spacial score (nSPS) is 11.3. The molecule has 0 bridgehead atoms. The predicted molar refractivity (Wildman–Crippen MR) is 47.8 cm³/mol. The van der Waals surface area contributed by atoms with Gasteiger partial charge >= 0.3 is 65.2 Å². The summed E-state index contributed by atoms with van der Waals surface area (Å²) in [6, 6.07) is -1.67. The number of nitrogens with one attached hydrogen (secondary N) is 1. The molecule has 92 valence electrons. The van der Waals surface area contributed by atoms with Crippen molar-refractivity contribution in [2.75, 3.05) is 0 Å². The third kappa shape index (κ3) is 12.7. The number of alkyl carbamates (subject to hydrolysis) is 1. The monoisotopic (exact) mass is 277 g/mol. The number of carboxylic acid groups (broad SMARTS) is 2. The Kier molecular flexibility index (Phi) is 13.0. The van der Waals surface area contributed by atoms with E-state index in [-0.39, 0.29) is 59.1 Å². The SMILES string of the molecule is CC(C)(C)OC(=O)N[C@@H](CC(=O)[O-])C(=O)[O-].[Na+].[Na+]. The number of aliphatic carboxylic acids is 2.